The van der Waals surface area contributed by atoms with Crippen molar-refractivity contribution in [1.82, 2.24) is 5.32 Å². The van der Waals surface area contributed by atoms with Crippen molar-refractivity contribution >= 4 is 5.78 Å². The van der Waals surface area contributed by atoms with Crippen LogP contribution in [0.4, 0.5) is 0 Å². The second-order valence-electron chi connectivity index (χ2n) is 4.51. The molecule has 1 aliphatic carbocycles. The van der Waals surface area contributed by atoms with Crippen molar-refractivity contribution in [3.63, 3.8) is 0 Å². The molecule has 74 valence electrons. The van der Waals surface area contributed by atoms with Gasteiger partial charge in [0.25, 0.3) is 0 Å². The summed E-state index contributed by atoms with van der Waals surface area (Å²) in [6.07, 6.45) is 7.23. The van der Waals surface area contributed by atoms with Gasteiger partial charge in [-0.3, -0.25) is 4.79 Å². The van der Waals surface area contributed by atoms with Gasteiger partial charge in [0.2, 0.25) is 0 Å². The fraction of sp³-hybridized carbons (Fsp3) is 0.909. The number of rotatable bonds is 3. The lowest BCUT2D eigenvalue weighted by atomic mass is 9.93. The molecule has 0 radical (unpaired) electrons. The first-order chi connectivity index (χ1) is 6.36. The highest BCUT2D eigenvalue weighted by Crippen LogP contribution is 2.29. The van der Waals surface area contributed by atoms with E-state index in [-0.39, 0.29) is 0 Å². The second-order valence-corrected chi connectivity index (χ2v) is 4.51. The van der Waals surface area contributed by atoms with E-state index in [1.54, 1.807) is 0 Å². The fourth-order valence-corrected chi connectivity index (χ4v) is 2.60. The van der Waals surface area contributed by atoms with Crippen molar-refractivity contribution in [1.29, 1.82) is 0 Å². The van der Waals surface area contributed by atoms with Crippen molar-refractivity contribution in [3.8, 4) is 0 Å². The number of nitrogens with one attached hydrogen (secondary N) is 1. The van der Waals surface area contributed by atoms with Crippen LogP contribution in [0.1, 0.15) is 38.5 Å². The largest absolute Gasteiger partial charge is 0.316 e. The Kier molecular flexibility index (Phi) is 2.99. The lowest BCUT2D eigenvalue weighted by molar-refractivity contribution is -0.123. The standard InChI is InChI=1S/C11H19NO/c13-11(10-5-6-12-8-10)7-9-3-1-2-4-9/h9-10,12H,1-8H2. The van der Waals surface area contributed by atoms with Crippen LogP contribution in [0.25, 0.3) is 0 Å². The van der Waals surface area contributed by atoms with Crippen LogP contribution in [0.3, 0.4) is 0 Å². The minimum Gasteiger partial charge on any atom is -0.316 e. The van der Waals surface area contributed by atoms with Gasteiger partial charge in [-0.1, -0.05) is 25.7 Å². The summed E-state index contributed by atoms with van der Waals surface area (Å²) in [5.41, 5.74) is 0. The van der Waals surface area contributed by atoms with E-state index < -0.39 is 0 Å². The molecule has 2 fully saturated rings. The van der Waals surface area contributed by atoms with E-state index >= 15 is 0 Å². The number of ketones is 1. The summed E-state index contributed by atoms with van der Waals surface area (Å²) in [5, 5.41) is 3.26. The molecule has 1 saturated heterocycles. The topological polar surface area (TPSA) is 29.1 Å². The van der Waals surface area contributed by atoms with E-state index in [1.165, 1.54) is 25.7 Å². The fourth-order valence-electron chi connectivity index (χ4n) is 2.60. The summed E-state index contributed by atoms with van der Waals surface area (Å²) in [6, 6.07) is 0. The molecule has 2 aliphatic rings. The predicted molar refractivity (Wildman–Crippen MR) is 52.6 cm³/mol. The highest BCUT2D eigenvalue weighted by atomic mass is 16.1. The van der Waals surface area contributed by atoms with Gasteiger partial charge in [-0.15, -0.1) is 0 Å². The molecule has 0 aromatic rings. The van der Waals surface area contributed by atoms with Crippen molar-refractivity contribution in [2.24, 2.45) is 11.8 Å². The third-order valence-corrected chi connectivity index (χ3v) is 3.48. The number of carbonyl (C=O) groups excluding carboxylic acids is 1. The maximum absolute atomic E-state index is 11.8. The highest BCUT2D eigenvalue weighted by Gasteiger charge is 2.26. The monoisotopic (exact) mass is 181 g/mol. The molecule has 1 saturated carbocycles. The van der Waals surface area contributed by atoms with Gasteiger partial charge < -0.3 is 5.32 Å². The van der Waals surface area contributed by atoms with Crippen molar-refractivity contribution in [2.75, 3.05) is 13.1 Å². The summed E-state index contributed by atoms with van der Waals surface area (Å²) in [6.45, 7) is 1.98. The molecular formula is C11H19NO. The third kappa shape index (κ3) is 2.31. The average Bonchev–Trinajstić information content (AvgIpc) is 2.74. The van der Waals surface area contributed by atoms with Crippen molar-refractivity contribution in [3.05, 3.63) is 0 Å². The van der Waals surface area contributed by atoms with Crippen LogP contribution in [0.5, 0.6) is 0 Å². The molecule has 2 rings (SSSR count). The molecule has 2 nitrogen and oxygen atoms in total. The van der Waals surface area contributed by atoms with E-state index in [9.17, 15) is 4.79 Å². The van der Waals surface area contributed by atoms with E-state index in [2.05, 4.69) is 5.32 Å². The Hall–Kier alpha value is -0.370. The van der Waals surface area contributed by atoms with E-state index in [0.717, 1.165) is 31.8 Å². The number of hydrogen-bond donors (Lipinski definition) is 1. The zero-order valence-corrected chi connectivity index (χ0v) is 8.22. The van der Waals surface area contributed by atoms with Gasteiger partial charge >= 0.3 is 0 Å². The molecule has 13 heavy (non-hydrogen) atoms. The van der Waals surface area contributed by atoms with Gasteiger partial charge in [-0.25, -0.2) is 0 Å². The lowest BCUT2D eigenvalue weighted by Crippen LogP contribution is -2.19. The van der Waals surface area contributed by atoms with Gasteiger partial charge in [0.15, 0.2) is 0 Å². The first kappa shape index (κ1) is 9.20. The van der Waals surface area contributed by atoms with E-state index in [0.29, 0.717) is 11.7 Å². The molecule has 0 aromatic carbocycles. The Morgan fingerprint density at radius 3 is 2.62 bits per heavy atom. The Morgan fingerprint density at radius 2 is 2.00 bits per heavy atom. The van der Waals surface area contributed by atoms with E-state index in [4.69, 9.17) is 0 Å². The number of hydrogen-bond acceptors (Lipinski definition) is 2. The highest BCUT2D eigenvalue weighted by molar-refractivity contribution is 5.81. The first-order valence-electron chi connectivity index (χ1n) is 5.59. The molecular weight excluding hydrogens is 162 g/mol. The third-order valence-electron chi connectivity index (χ3n) is 3.48. The first-order valence-corrected chi connectivity index (χ1v) is 5.59. The van der Waals surface area contributed by atoms with Gasteiger partial charge in [0, 0.05) is 18.9 Å². The molecule has 1 aliphatic heterocycles. The van der Waals surface area contributed by atoms with Crippen LogP contribution >= 0.6 is 0 Å². The Morgan fingerprint density at radius 1 is 1.23 bits per heavy atom. The Balaban J connectivity index is 1.76. The van der Waals surface area contributed by atoms with E-state index in [1.807, 2.05) is 0 Å². The van der Waals surface area contributed by atoms with Gasteiger partial charge in [0.05, 0.1) is 0 Å². The number of carbonyl (C=O) groups is 1. The lowest BCUT2D eigenvalue weighted by Gasteiger charge is -2.11. The molecule has 1 N–H and O–H groups in total. The van der Waals surface area contributed by atoms with Crippen LogP contribution in [0.15, 0.2) is 0 Å². The molecule has 1 unspecified atom stereocenters. The van der Waals surface area contributed by atoms with Gasteiger partial charge in [-0.05, 0) is 18.9 Å². The summed E-state index contributed by atoms with van der Waals surface area (Å²) < 4.78 is 0. The van der Waals surface area contributed by atoms with Crippen LogP contribution in [-0.4, -0.2) is 18.9 Å². The van der Waals surface area contributed by atoms with Crippen molar-refractivity contribution in [2.45, 2.75) is 38.5 Å². The summed E-state index contributed by atoms with van der Waals surface area (Å²) in [4.78, 5) is 11.8. The molecule has 1 heterocycles. The predicted octanol–water partition coefficient (Wildman–Crippen LogP) is 1.75. The molecule has 0 aromatic heterocycles. The number of Topliss-reactive ketones (excluding diaryl/α,β-unsaturated/α-hetero) is 1. The summed E-state index contributed by atoms with van der Waals surface area (Å²) in [7, 11) is 0. The van der Waals surface area contributed by atoms with Crippen LogP contribution in [0, 0.1) is 11.8 Å². The minimum atomic E-state index is 0.348. The molecule has 0 amide bonds. The zero-order chi connectivity index (χ0) is 9.10. The normalized spacial score (nSPS) is 29.7. The summed E-state index contributed by atoms with van der Waals surface area (Å²) >= 11 is 0. The quantitative estimate of drug-likeness (QED) is 0.718. The van der Waals surface area contributed by atoms with Gasteiger partial charge in [0.1, 0.15) is 5.78 Å². The van der Waals surface area contributed by atoms with Crippen LogP contribution < -0.4 is 5.32 Å². The summed E-state index contributed by atoms with van der Waals surface area (Å²) in [5.74, 6) is 1.60. The molecule has 0 bridgehead atoms. The molecule has 2 heteroatoms. The SMILES string of the molecule is O=C(CC1CCCC1)C1CCNC1. The molecule has 1 atom stereocenters. The maximum atomic E-state index is 11.8. The average molecular weight is 181 g/mol. The second kappa shape index (κ2) is 4.23. The van der Waals surface area contributed by atoms with Gasteiger partial charge in [-0.2, -0.15) is 0 Å². The Labute approximate surface area is 80.1 Å². The van der Waals surface area contributed by atoms with Crippen LogP contribution in [-0.2, 0) is 4.79 Å². The minimum absolute atomic E-state index is 0.348. The zero-order valence-electron chi connectivity index (χ0n) is 8.22. The van der Waals surface area contributed by atoms with Crippen LogP contribution in [0.2, 0.25) is 0 Å². The maximum Gasteiger partial charge on any atom is 0.137 e. The Bertz CT molecular complexity index is 179. The smallest absolute Gasteiger partial charge is 0.137 e. The molecule has 0 spiro atoms. The van der Waals surface area contributed by atoms with Crippen molar-refractivity contribution < 1.29 is 4.79 Å².